The molecule has 3 rings (SSSR count). The van der Waals surface area contributed by atoms with Gasteiger partial charge in [0.2, 0.25) is 0 Å². The van der Waals surface area contributed by atoms with E-state index in [1.54, 1.807) is 0 Å². The summed E-state index contributed by atoms with van der Waals surface area (Å²) in [5.74, 6) is -7.07. The molecule has 1 heterocycles. The molecule has 6 nitrogen and oxygen atoms in total. The third-order valence-electron chi connectivity index (χ3n) is 3.55. The van der Waals surface area contributed by atoms with E-state index in [2.05, 4.69) is 4.40 Å². The minimum Gasteiger partial charge on any atom is -0.334 e. The van der Waals surface area contributed by atoms with Crippen LogP contribution in [0.5, 0.6) is 0 Å². The highest BCUT2D eigenvalue weighted by molar-refractivity contribution is 7.90. The van der Waals surface area contributed by atoms with Crippen LogP contribution in [-0.2, 0) is 10.0 Å². The lowest BCUT2D eigenvalue weighted by Gasteiger charge is -2.21. The summed E-state index contributed by atoms with van der Waals surface area (Å²) in [4.78, 5) is 13.0. The number of sulfonamides is 1. The van der Waals surface area contributed by atoms with Crippen molar-refractivity contribution in [2.24, 2.45) is 4.40 Å². The van der Waals surface area contributed by atoms with Gasteiger partial charge in [-0.15, -0.1) is 4.40 Å². The Balaban J connectivity index is 2.02. The van der Waals surface area contributed by atoms with Crippen molar-refractivity contribution in [3.63, 3.8) is 0 Å². The van der Waals surface area contributed by atoms with E-state index in [0.717, 1.165) is 18.5 Å². The number of carbonyl (C=O) groups excluding carboxylic acids is 1. The lowest BCUT2D eigenvalue weighted by Crippen LogP contribution is -2.24. The average Bonchev–Trinajstić information content (AvgIpc) is 2.56. The standard InChI is InChI=1S/C15H9F4N3O3S/c1-22-6-20-26(24,25)13-4-8(9(16)5-12(13)22)15(23)21-7-2-10(17)14(19)11(18)3-7/h2-6H,1H3,(H,21,23). The normalized spacial score (nSPS) is 14.9. The van der Waals surface area contributed by atoms with E-state index in [1.165, 1.54) is 11.9 Å². The maximum atomic E-state index is 14.2. The van der Waals surface area contributed by atoms with Crippen LogP contribution in [0.3, 0.4) is 0 Å². The summed E-state index contributed by atoms with van der Waals surface area (Å²) < 4.78 is 80.8. The molecule has 0 atom stereocenters. The topological polar surface area (TPSA) is 78.8 Å². The van der Waals surface area contributed by atoms with E-state index in [1.807, 2.05) is 5.32 Å². The van der Waals surface area contributed by atoms with E-state index in [0.29, 0.717) is 12.1 Å². The summed E-state index contributed by atoms with van der Waals surface area (Å²) >= 11 is 0. The number of benzene rings is 2. The van der Waals surface area contributed by atoms with Crippen molar-refractivity contribution in [1.82, 2.24) is 0 Å². The maximum Gasteiger partial charge on any atom is 0.285 e. The minimum atomic E-state index is -4.13. The van der Waals surface area contributed by atoms with Gasteiger partial charge in [-0.25, -0.2) is 17.6 Å². The third kappa shape index (κ3) is 3.01. The Morgan fingerprint density at radius 1 is 1.04 bits per heavy atom. The van der Waals surface area contributed by atoms with Gasteiger partial charge in [0, 0.05) is 24.9 Å². The molecule has 1 aliphatic rings. The van der Waals surface area contributed by atoms with Crippen LogP contribution in [0.15, 0.2) is 33.6 Å². The number of carbonyl (C=O) groups is 1. The molecular weight excluding hydrogens is 378 g/mol. The molecule has 1 aliphatic heterocycles. The molecule has 0 spiro atoms. The molecule has 0 aromatic heterocycles. The Kier molecular flexibility index (Phi) is 4.18. The number of hydrogen-bond acceptors (Lipinski definition) is 4. The van der Waals surface area contributed by atoms with Crippen molar-refractivity contribution in [1.29, 1.82) is 0 Å². The zero-order valence-corrected chi connectivity index (χ0v) is 13.7. The highest BCUT2D eigenvalue weighted by Crippen LogP contribution is 2.31. The zero-order valence-electron chi connectivity index (χ0n) is 12.9. The van der Waals surface area contributed by atoms with Gasteiger partial charge < -0.3 is 10.2 Å². The van der Waals surface area contributed by atoms with Gasteiger partial charge in [-0.1, -0.05) is 0 Å². The van der Waals surface area contributed by atoms with Crippen LogP contribution in [0.1, 0.15) is 10.4 Å². The summed E-state index contributed by atoms with van der Waals surface area (Å²) in [7, 11) is -2.70. The fraction of sp³-hybridized carbons (Fsp3) is 0.0667. The SMILES string of the molecule is CN1C=NS(=O)(=O)c2cc(C(=O)Nc3cc(F)c(F)c(F)c3)c(F)cc21. The predicted molar refractivity (Wildman–Crippen MR) is 84.8 cm³/mol. The molecule has 1 amide bonds. The third-order valence-corrected chi connectivity index (χ3v) is 4.81. The molecule has 0 bridgehead atoms. The van der Waals surface area contributed by atoms with Crippen molar-refractivity contribution >= 4 is 33.6 Å². The molecule has 11 heteroatoms. The molecule has 136 valence electrons. The Hall–Kier alpha value is -2.95. The Bertz CT molecular complexity index is 1050. The first kappa shape index (κ1) is 17.9. The maximum absolute atomic E-state index is 14.2. The molecule has 26 heavy (non-hydrogen) atoms. The number of nitrogens with one attached hydrogen (secondary N) is 1. The molecule has 0 saturated carbocycles. The molecular formula is C15H9F4N3O3S. The largest absolute Gasteiger partial charge is 0.334 e. The van der Waals surface area contributed by atoms with Gasteiger partial charge in [0.05, 0.1) is 11.3 Å². The lowest BCUT2D eigenvalue weighted by molar-refractivity contribution is 0.102. The Morgan fingerprint density at radius 3 is 2.27 bits per heavy atom. The van der Waals surface area contributed by atoms with Gasteiger partial charge >= 0.3 is 0 Å². The minimum absolute atomic E-state index is 0.0343. The fourth-order valence-electron chi connectivity index (χ4n) is 2.28. The molecule has 2 aromatic carbocycles. The molecule has 0 fully saturated rings. The van der Waals surface area contributed by atoms with E-state index < -0.39 is 55.3 Å². The van der Waals surface area contributed by atoms with Crippen molar-refractivity contribution in [2.45, 2.75) is 4.90 Å². The van der Waals surface area contributed by atoms with Crippen molar-refractivity contribution in [3.8, 4) is 0 Å². The van der Waals surface area contributed by atoms with Gasteiger partial charge in [-0.05, 0) is 12.1 Å². The fourth-order valence-corrected chi connectivity index (χ4v) is 3.39. The van der Waals surface area contributed by atoms with Gasteiger partial charge in [-0.3, -0.25) is 4.79 Å². The lowest BCUT2D eigenvalue weighted by atomic mass is 10.1. The molecule has 0 saturated heterocycles. The number of anilines is 2. The van der Waals surface area contributed by atoms with E-state index >= 15 is 0 Å². The predicted octanol–water partition coefficient (Wildman–Crippen LogP) is 2.66. The Morgan fingerprint density at radius 2 is 1.65 bits per heavy atom. The summed E-state index contributed by atoms with van der Waals surface area (Å²) in [5, 5.41) is 1.98. The number of amides is 1. The molecule has 1 N–H and O–H groups in total. The second-order valence-corrected chi connectivity index (χ2v) is 6.92. The first-order chi connectivity index (χ1) is 12.1. The summed E-state index contributed by atoms with van der Waals surface area (Å²) in [5.41, 5.74) is -1.20. The summed E-state index contributed by atoms with van der Waals surface area (Å²) in [6, 6.07) is 2.58. The quantitative estimate of drug-likeness (QED) is 0.635. The molecule has 0 radical (unpaired) electrons. The highest BCUT2D eigenvalue weighted by Gasteiger charge is 2.28. The number of hydrogen-bond donors (Lipinski definition) is 1. The average molecular weight is 387 g/mol. The smallest absolute Gasteiger partial charge is 0.285 e. The zero-order chi connectivity index (χ0) is 19.2. The number of nitrogens with zero attached hydrogens (tertiary/aromatic N) is 2. The van der Waals surface area contributed by atoms with Crippen molar-refractivity contribution in [3.05, 3.63) is 53.1 Å². The van der Waals surface area contributed by atoms with E-state index in [9.17, 15) is 30.8 Å². The van der Waals surface area contributed by atoms with Crippen LogP contribution in [0, 0.1) is 23.3 Å². The molecule has 2 aromatic rings. The monoisotopic (exact) mass is 387 g/mol. The van der Waals surface area contributed by atoms with Gasteiger partial charge in [0.15, 0.2) is 17.5 Å². The summed E-state index contributed by atoms with van der Waals surface area (Å²) in [6.45, 7) is 0. The first-order valence-corrected chi connectivity index (χ1v) is 8.37. The van der Waals surface area contributed by atoms with E-state index in [-0.39, 0.29) is 5.69 Å². The molecule has 0 unspecified atom stereocenters. The van der Waals surface area contributed by atoms with Crippen LogP contribution in [0.2, 0.25) is 0 Å². The Labute approximate surface area is 144 Å². The second kappa shape index (κ2) is 6.09. The van der Waals surface area contributed by atoms with Crippen LogP contribution in [0.4, 0.5) is 28.9 Å². The van der Waals surface area contributed by atoms with Gasteiger partial charge in [0.1, 0.15) is 17.1 Å². The second-order valence-electron chi connectivity index (χ2n) is 5.31. The molecule has 0 aliphatic carbocycles. The summed E-state index contributed by atoms with van der Waals surface area (Å²) in [6.07, 6.45) is 0.973. The van der Waals surface area contributed by atoms with Crippen LogP contribution < -0.4 is 10.2 Å². The van der Waals surface area contributed by atoms with Crippen LogP contribution in [-0.4, -0.2) is 27.7 Å². The highest BCUT2D eigenvalue weighted by atomic mass is 32.2. The van der Waals surface area contributed by atoms with Crippen molar-refractivity contribution in [2.75, 3.05) is 17.3 Å². The van der Waals surface area contributed by atoms with Gasteiger partial charge in [-0.2, -0.15) is 8.42 Å². The van der Waals surface area contributed by atoms with E-state index in [4.69, 9.17) is 0 Å². The van der Waals surface area contributed by atoms with Crippen LogP contribution >= 0.6 is 0 Å². The number of fused-ring (bicyclic) bond motifs is 1. The van der Waals surface area contributed by atoms with Gasteiger partial charge in [0.25, 0.3) is 15.9 Å². The van der Waals surface area contributed by atoms with Crippen LogP contribution in [0.25, 0.3) is 0 Å². The number of halogens is 4. The first-order valence-electron chi connectivity index (χ1n) is 6.93. The number of rotatable bonds is 2. The van der Waals surface area contributed by atoms with Crippen molar-refractivity contribution < 1.29 is 30.8 Å².